The summed E-state index contributed by atoms with van der Waals surface area (Å²) in [6.45, 7) is 0. The molecule has 0 aromatic heterocycles. The van der Waals surface area contributed by atoms with Crippen molar-refractivity contribution in [3.63, 3.8) is 0 Å². The van der Waals surface area contributed by atoms with E-state index in [9.17, 15) is 9.18 Å². The lowest BCUT2D eigenvalue weighted by Gasteiger charge is -2.10. The molecular formula is C16H12ClFN2O2. The van der Waals surface area contributed by atoms with Crippen LogP contribution in [0.15, 0.2) is 53.7 Å². The number of nitrogens with one attached hydrogen (secondary N) is 1. The van der Waals surface area contributed by atoms with E-state index in [2.05, 4.69) is 10.5 Å². The quantitative estimate of drug-likeness (QED) is 0.940. The third-order valence-electron chi connectivity index (χ3n) is 3.25. The summed E-state index contributed by atoms with van der Waals surface area (Å²) in [5.41, 5.74) is 1.60. The maximum atomic E-state index is 13.6. The number of nitrogens with zero attached hydrogens (tertiary/aromatic N) is 1. The van der Waals surface area contributed by atoms with E-state index in [-0.39, 0.29) is 5.69 Å². The summed E-state index contributed by atoms with van der Waals surface area (Å²) in [7, 11) is 0. The van der Waals surface area contributed by atoms with E-state index in [1.807, 2.05) is 30.3 Å². The minimum absolute atomic E-state index is 0.0225. The van der Waals surface area contributed by atoms with Crippen molar-refractivity contribution in [2.75, 3.05) is 5.32 Å². The van der Waals surface area contributed by atoms with E-state index >= 15 is 0 Å². The molecule has 22 heavy (non-hydrogen) atoms. The number of anilines is 1. The number of halogens is 2. The predicted octanol–water partition coefficient (Wildman–Crippen LogP) is 3.61. The monoisotopic (exact) mass is 318 g/mol. The second-order valence-electron chi connectivity index (χ2n) is 4.82. The Balaban J connectivity index is 1.67. The van der Waals surface area contributed by atoms with Crippen molar-refractivity contribution < 1.29 is 14.0 Å². The standard InChI is InChI=1S/C16H12ClFN2O2/c17-11-6-7-12(18)14(8-11)19-16(21)15-9-13(20-22-15)10-4-2-1-3-5-10/h1-8,15H,9H2,(H,19,21)/t15-/m0/s1. The summed E-state index contributed by atoms with van der Waals surface area (Å²) in [4.78, 5) is 17.3. The number of amides is 1. The average molecular weight is 319 g/mol. The lowest BCUT2D eigenvalue weighted by Crippen LogP contribution is -2.28. The molecule has 0 spiro atoms. The molecule has 112 valence electrons. The molecule has 1 amide bonds. The Bertz CT molecular complexity index is 734. The summed E-state index contributed by atoms with van der Waals surface area (Å²) in [5, 5.41) is 6.73. The summed E-state index contributed by atoms with van der Waals surface area (Å²) < 4.78 is 13.6. The van der Waals surface area contributed by atoms with Gasteiger partial charge in [-0.15, -0.1) is 0 Å². The number of oxime groups is 1. The molecule has 1 heterocycles. The minimum Gasteiger partial charge on any atom is -0.382 e. The smallest absolute Gasteiger partial charge is 0.268 e. The number of hydrogen-bond donors (Lipinski definition) is 1. The van der Waals surface area contributed by atoms with Crippen LogP contribution in [0.5, 0.6) is 0 Å². The Morgan fingerprint density at radius 1 is 1.27 bits per heavy atom. The Labute approximate surface area is 131 Å². The molecule has 3 rings (SSSR count). The van der Waals surface area contributed by atoms with Crippen LogP contribution in [0.25, 0.3) is 0 Å². The molecule has 4 nitrogen and oxygen atoms in total. The fourth-order valence-corrected chi connectivity index (χ4v) is 2.30. The zero-order valence-corrected chi connectivity index (χ0v) is 12.2. The normalized spacial score (nSPS) is 16.8. The van der Waals surface area contributed by atoms with Gasteiger partial charge in [-0.2, -0.15) is 0 Å². The number of benzene rings is 2. The molecule has 1 aliphatic heterocycles. The van der Waals surface area contributed by atoms with Crippen LogP contribution in [0, 0.1) is 5.82 Å². The van der Waals surface area contributed by atoms with E-state index < -0.39 is 17.8 Å². The fraction of sp³-hybridized carbons (Fsp3) is 0.125. The van der Waals surface area contributed by atoms with Gasteiger partial charge in [0.15, 0.2) is 0 Å². The molecule has 1 atom stereocenters. The van der Waals surface area contributed by atoms with Crippen LogP contribution in [-0.4, -0.2) is 17.7 Å². The third-order valence-corrected chi connectivity index (χ3v) is 3.49. The summed E-state index contributed by atoms with van der Waals surface area (Å²) >= 11 is 5.79. The van der Waals surface area contributed by atoms with Crippen LogP contribution >= 0.6 is 11.6 Å². The van der Waals surface area contributed by atoms with Crippen LogP contribution < -0.4 is 5.32 Å². The Kier molecular flexibility index (Phi) is 4.06. The van der Waals surface area contributed by atoms with Gasteiger partial charge in [0.2, 0.25) is 6.10 Å². The van der Waals surface area contributed by atoms with Crippen molar-refractivity contribution >= 4 is 28.9 Å². The van der Waals surface area contributed by atoms with Crippen molar-refractivity contribution in [1.82, 2.24) is 0 Å². The largest absolute Gasteiger partial charge is 0.382 e. The third kappa shape index (κ3) is 3.09. The fourth-order valence-electron chi connectivity index (χ4n) is 2.13. The molecule has 0 aliphatic carbocycles. The maximum absolute atomic E-state index is 13.6. The van der Waals surface area contributed by atoms with Crippen LogP contribution in [0.3, 0.4) is 0 Å². The van der Waals surface area contributed by atoms with Crippen molar-refractivity contribution in [2.24, 2.45) is 5.16 Å². The summed E-state index contributed by atoms with van der Waals surface area (Å²) in [6.07, 6.45) is -0.452. The van der Waals surface area contributed by atoms with E-state index in [0.29, 0.717) is 17.2 Å². The van der Waals surface area contributed by atoms with Gasteiger partial charge in [0.05, 0.1) is 11.4 Å². The first kappa shape index (κ1) is 14.5. The second-order valence-corrected chi connectivity index (χ2v) is 5.25. The Hall–Kier alpha value is -2.40. The maximum Gasteiger partial charge on any atom is 0.268 e. The van der Waals surface area contributed by atoms with Crippen molar-refractivity contribution in [3.8, 4) is 0 Å². The molecule has 2 aromatic carbocycles. The summed E-state index contributed by atoms with van der Waals surface area (Å²) in [6, 6.07) is 13.4. The van der Waals surface area contributed by atoms with Gasteiger partial charge in [-0.1, -0.05) is 47.1 Å². The van der Waals surface area contributed by atoms with Gasteiger partial charge in [0, 0.05) is 11.4 Å². The highest BCUT2D eigenvalue weighted by atomic mass is 35.5. The van der Waals surface area contributed by atoms with Gasteiger partial charge < -0.3 is 10.2 Å². The van der Waals surface area contributed by atoms with Gasteiger partial charge in [-0.05, 0) is 23.8 Å². The molecule has 0 saturated heterocycles. The molecular weight excluding hydrogens is 307 g/mol. The highest BCUT2D eigenvalue weighted by molar-refractivity contribution is 6.30. The van der Waals surface area contributed by atoms with Crippen molar-refractivity contribution in [2.45, 2.75) is 12.5 Å². The number of carbonyl (C=O) groups excluding carboxylic acids is 1. The molecule has 0 saturated carbocycles. The van der Waals surface area contributed by atoms with E-state index in [1.165, 1.54) is 18.2 Å². The first-order valence-corrected chi connectivity index (χ1v) is 7.05. The molecule has 1 aliphatic rings. The second kappa shape index (κ2) is 6.15. The zero-order chi connectivity index (χ0) is 15.5. The lowest BCUT2D eigenvalue weighted by atomic mass is 10.0. The number of rotatable bonds is 3. The summed E-state index contributed by atoms with van der Waals surface area (Å²) in [5.74, 6) is -1.02. The van der Waals surface area contributed by atoms with Gasteiger partial charge in [0.25, 0.3) is 5.91 Å². The topological polar surface area (TPSA) is 50.7 Å². The molecule has 6 heteroatoms. The molecule has 0 bridgehead atoms. The van der Waals surface area contributed by atoms with Gasteiger partial charge >= 0.3 is 0 Å². The average Bonchev–Trinajstić information content (AvgIpc) is 3.02. The van der Waals surface area contributed by atoms with Crippen LogP contribution in [0.2, 0.25) is 5.02 Å². The Morgan fingerprint density at radius 3 is 2.82 bits per heavy atom. The highest BCUT2D eigenvalue weighted by Gasteiger charge is 2.29. The van der Waals surface area contributed by atoms with Crippen molar-refractivity contribution in [3.05, 3.63) is 64.9 Å². The van der Waals surface area contributed by atoms with E-state index in [4.69, 9.17) is 16.4 Å². The van der Waals surface area contributed by atoms with Gasteiger partial charge in [-0.3, -0.25) is 4.79 Å². The SMILES string of the molecule is O=C(Nc1cc(Cl)ccc1F)[C@@H]1CC(c2ccccc2)=NO1. The minimum atomic E-state index is -0.784. The molecule has 0 unspecified atom stereocenters. The predicted molar refractivity (Wildman–Crippen MR) is 82.5 cm³/mol. The Morgan fingerprint density at radius 2 is 2.05 bits per heavy atom. The highest BCUT2D eigenvalue weighted by Crippen LogP contribution is 2.22. The molecule has 0 fully saturated rings. The van der Waals surface area contributed by atoms with E-state index in [0.717, 1.165) is 5.56 Å². The first-order chi connectivity index (χ1) is 10.6. The van der Waals surface area contributed by atoms with Crippen molar-refractivity contribution in [1.29, 1.82) is 0 Å². The number of hydrogen-bond acceptors (Lipinski definition) is 3. The van der Waals surface area contributed by atoms with E-state index in [1.54, 1.807) is 0 Å². The van der Waals surface area contributed by atoms with Gasteiger partial charge in [0.1, 0.15) is 5.82 Å². The zero-order valence-electron chi connectivity index (χ0n) is 11.4. The van der Waals surface area contributed by atoms with Crippen LogP contribution in [-0.2, 0) is 9.63 Å². The van der Waals surface area contributed by atoms with Gasteiger partial charge in [-0.25, -0.2) is 4.39 Å². The van der Waals surface area contributed by atoms with Crippen LogP contribution in [0.4, 0.5) is 10.1 Å². The molecule has 1 N–H and O–H groups in total. The first-order valence-electron chi connectivity index (χ1n) is 6.67. The van der Waals surface area contributed by atoms with Crippen LogP contribution in [0.1, 0.15) is 12.0 Å². The lowest BCUT2D eigenvalue weighted by molar-refractivity contribution is -0.125. The molecule has 2 aromatic rings. The number of carbonyl (C=O) groups is 1. The molecule has 0 radical (unpaired) electrons.